The predicted molar refractivity (Wildman–Crippen MR) is 88.0 cm³/mol. The van der Waals surface area contributed by atoms with Crippen molar-refractivity contribution in [3.05, 3.63) is 47.5 Å². The van der Waals surface area contributed by atoms with Crippen molar-refractivity contribution in [2.45, 2.75) is 26.4 Å². The monoisotopic (exact) mass is 327 g/mol. The third-order valence-electron chi connectivity index (χ3n) is 3.56. The van der Waals surface area contributed by atoms with Gasteiger partial charge in [0, 0.05) is 26.0 Å². The van der Waals surface area contributed by atoms with E-state index in [0.29, 0.717) is 37.5 Å². The van der Waals surface area contributed by atoms with Gasteiger partial charge in [-0.1, -0.05) is 6.07 Å². The molecule has 0 aromatic carbocycles. The number of hydrogen-bond donors (Lipinski definition) is 0. The smallest absolute Gasteiger partial charge is 0.257 e. The summed E-state index contributed by atoms with van der Waals surface area (Å²) in [6.45, 7) is 3.64. The number of methoxy groups -OCH3 is 1. The second-order valence-electron chi connectivity index (χ2n) is 5.34. The molecule has 0 spiro atoms. The van der Waals surface area contributed by atoms with Crippen LogP contribution in [0.2, 0.25) is 0 Å². The molecule has 7 nitrogen and oxygen atoms in total. The van der Waals surface area contributed by atoms with E-state index in [1.54, 1.807) is 36.0 Å². The molecule has 0 radical (unpaired) electrons. The second-order valence-corrected chi connectivity index (χ2v) is 5.34. The van der Waals surface area contributed by atoms with Crippen LogP contribution < -0.4 is 0 Å². The summed E-state index contributed by atoms with van der Waals surface area (Å²) in [7, 11) is 1.62. The Morgan fingerprint density at radius 2 is 2.29 bits per heavy atom. The van der Waals surface area contributed by atoms with Crippen molar-refractivity contribution in [1.29, 1.82) is 5.26 Å². The number of aryl methyl sites for hydroxylation is 1. The van der Waals surface area contributed by atoms with E-state index in [-0.39, 0.29) is 12.3 Å². The van der Waals surface area contributed by atoms with Crippen molar-refractivity contribution in [1.82, 2.24) is 19.7 Å². The standard InChI is InChI=1S/C17H21N5O2/c1-14-16(13-22(20-14)10-11-24-2)17(23)21(9-5-7-18)12-15-6-3-4-8-19-15/h3-4,6,8,13H,5,9-12H2,1-2H3. The first-order valence-electron chi connectivity index (χ1n) is 7.75. The molecule has 0 saturated carbocycles. The van der Waals surface area contributed by atoms with Gasteiger partial charge in [-0.3, -0.25) is 14.5 Å². The number of rotatable bonds is 8. The van der Waals surface area contributed by atoms with Gasteiger partial charge < -0.3 is 9.64 Å². The molecule has 0 saturated heterocycles. The van der Waals surface area contributed by atoms with Crippen LogP contribution in [0.25, 0.3) is 0 Å². The zero-order valence-electron chi connectivity index (χ0n) is 14.0. The van der Waals surface area contributed by atoms with E-state index in [1.807, 2.05) is 18.2 Å². The quantitative estimate of drug-likeness (QED) is 0.738. The Morgan fingerprint density at radius 3 is 2.96 bits per heavy atom. The molecule has 24 heavy (non-hydrogen) atoms. The molecule has 0 atom stereocenters. The molecule has 2 rings (SSSR count). The number of aromatic nitrogens is 3. The van der Waals surface area contributed by atoms with Crippen LogP contribution in [0.15, 0.2) is 30.6 Å². The summed E-state index contributed by atoms with van der Waals surface area (Å²) in [5, 5.41) is 13.2. The van der Waals surface area contributed by atoms with E-state index >= 15 is 0 Å². The Morgan fingerprint density at radius 1 is 1.46 bits per heavy atom. The lowest BCUT2D eigenvalue weighted by molar-refractivity contribution is 0.0744. The van der Waals surface area contributed by atoms with E-state index in [9.17, 15) is 4.79 Å². The van der Waals surface area contributed by atoms with Gasteiger partial charge in [0.05, 0.1) is 49.1 Å². The fourth-order valence-electron chi connectivity index (χ4n) is 2.32. The van der Waals surface area contributed by atoms with Crippen LogP contribution in [0.5, 0.6) is 0 Å². The summed E-state index contributed by atoms with van der Waals surface area (Å²) < 4.78 is 6.74. The van der Waals surface area contributed by atoms with Crippen LogP contribution in [0.3, 0.4) is 0 Å². The fraction of sp³-hybridized carbons (Fsp3) is 0.412. The van der Waals surface area contributed by atoms with Crippen molar-refractivity contribution in [2.75, 3.05) is 20.3 Å². The average Bonchev–Trinajstić information content (AvgIpc) is 2.97. The largest absolute Gasteiger partial charge is 0.383 e. The molecule has 0 unspecified atom stereocenters. The number of carbonyl (C=O) groups excluding carboxylic acids is 1. The predicted octanol–water partition coefficient (Wildman–Crippen LogP) is 1.79. The van der Waals surface area contributed by atoms with E-state index < -0.39 is 0 Å². The van der Waals surface area contributed by atoms with Gasteiger partial charge in [-0.2, -0.15) is 10.4 Å². The molecule has 0 aliphatic heterocycles. The summed E-state index contributed by atoms with van der Waals surface area (Å²) >= 11 is 0. The number of ether oxygens (including phenoxy) is 1. The molecule has 0 aliphatic rings. The van der Waals surface area contributed by atoms with Gasteiger partial charge in [-0.15, -0.1) is 0 Å². The number of amides is 1. The van der Waals surface area contributed by atoms with Gasteiger partial charge in [0.15, 0.2) is 0 Å². The Labute approximate surface area is 141 Å². The van der Waals surface area contributed by atoms with Crippen LogP contribution in [0, 0.1) is 18.3 Å². The minimum Gasteiger partial charge on any atom is -0.383 e. The van der Waals surface area contributed by atoms with Crippen LogP contribution in [0.1, 0.15) is 28.2 Å². The normalized spacial score (nSPS) is 10.4. The average molecular weight is 327 g/mol. The molecule has 126 valence electrons. The summed E-state index contributed by atoms with van der Waals surface area (Å²) in [6.07, 6.45) is 3.69. The van der Waals surface area contributed by atoms with Crippen LogP contribution in [-0.4, -0.2) is 45.8 Å². The lowest BCUT2D eigenvalue weighted by atomic mass is 10.2. The minimum absolute atomic E-state index is 0.142. The maximum absolute atomic E-state index is 12.9. The summed E-state index contributed by atoms with van der Waals surface area (Å²) in [4.78, 5) is 18.8. The highest BCUT2D eigenvalue weighted by atomic mass is 16.5. The number of hydrogen-bond acceptors (Lipinski definition) is 5. The Hall–Kier alpha value is -2.72. The highest BCUT2D eigenvalue weighted by molar-refractivity contribution is 5.95. The first-order chi connectivity index (χ1) is 11.7. The summed E-state index contributed by atoms with van der Waals surface area (Å²) in [5.41, 5.74) is 1.99. The molecule has 0 bridgehead atoms. The Bertz CT molecular complexity index is 706. The van der Waals surface area contributed by atoms with Gasteiger partial charge in [-0.05, 0) is 19.1 Å². The Balaban J connectivity index is 2.17. The SMILES string of the molecule is COCCn1cc(C(=O)N(CCC#N)Cc2ccccn2)c(C)n1. The van der Waals surface area contributed by atoms with Gasteiger partial charge in [0.1, 0.15) is 0 Å². The molecule has 0 fully saturated rings. The first-order valence-corrected chi connectivity index (χ1v) is 7.75. The zero-order valence-corrected chi connectivity index (χ0v) is 14.0. The third kappa shape index (κ3) is 4.64. The van der Waals surface area contributed by atoms with Crippen molar-refractivity contribution in [2.24, 2.45) is 0 Å². The van der Waals surface area contributed by atoms with Gasteiger partial charge >= 0.3 is 0 Å². The Kier molecular flexibility index (Phi) is 6.46. The van der Waals surface area contributed by atoms with Gasteiger partial charge in [0.25, 0.3) is 5.91 Å². The van der Waals surface area contributed by atoms with E-state index in [1.165, 1.54) is 0 Å². The molecule has 0 N–H and O–H groups in total. The summed E-state index contributed by atoms with van der Waals surface area (Å²) in [5.74, 6) is -0.142. The first kappa shape index (κ1) is 17.6. The minimum atomic E-state index is -0.142. The molecule has 1 amide bonds. The number of nitrogens with zero attached hydrogens (tertiary/aromatic N) is 5. The molecule has 2 heterocycles. The zero-order chi connectivity index (χ0) is 17.4. The topological polar surface area (TPSA) is 84.0 Å². The number of carbonyl (C=O) groups is 1. The van der Waals surface area contributed by atoms with Crippen molar-refractivity contribution in [3.63, 3.8) is 0 Å². The number of pyridine rings is 1. The molecule has 2 aromatic heterocycles. The highest BCUT2D eigenvalue weighted by Crippen LogP contribution is 2.13. The van der Waals surface area contributed by atoms with E-state index in [2.05, 4.69) is 16.2 Å². The molecule has 7 heteroatoms. The van der Waals surface area contributed by atoms with Gasteiger partial charge in [-0.25, -0.2) is 0 Å². The van der Waals surface area contributed by atoms with Crippen molar-refractivity contribution >= 4 is 5.91 Å². The lowest BCUT2D eigenvalue weighted by Gasteiger charge is -2.21. The molecular formula is C17H21N5O2. The number of nitriles is 1. The lowest BCUT2D eigenvalue weighted by Crippen LogP contribution is -2.32. The van der Waals surface area contributed by atoms with Gasteiger partial charge in [0.2, 0.25) is 0 Å². The molecule has 2 aromatic rings. The fourth-order valence-corrected chi connectivity index (χ4v) is 2.32. The maximum Gasteiger partial charge on any atom is 0.257 e. The van der Waals surface area contributed by atoms with E-state index in [4.69, 9.17) is 10.00 Å². The van der Waals surface area contributed by atoms with E-state index in [0.717, 1.165) is 5.69 Å². The van der Waals surface area contributed by atoms with Crippen LogP contribution >= 0.6 is 0 Å². The maximum atomic E-state index is 12.9. The van der Waals surface area contributed by atoms with Crippen molar-refractivity contribution in [3.8, 4) is 6.07 Å². The van der Waals surface area contributed by atoms with Crippen LogP contribution in [-0.2, 0) is 17.8 Å². The van der Waals surface area contributed by atoms with Crippen molar-refractivity contribution < 1.29 is 9.53 Å². The highest BCUT2D eigenvalue weighted by Gasteiger charge is 2.20. The summed E-state index contributed by atoms with van der Waals surface area (Å²) in [6, 6.07) is 7.66. The van der Waals surface area contributed by atoms with Crippen LogP contribution in [0.4, 0.5) is 0 Å². The molecular weight excluding hydrogens is 306 g/mol. The third-order valence-corrected chi connectivity index (χ3v) is 3.56. The second kappa shape index (κ2) is 8.79. The molecule has 0 aliphatic carbocycles.